The highest BCUT2D eigenvalue weighted by Crippen LogP contribution is 2.22. The molecule has 1 heterocycles. The maximum atomic E-state index is 12.4. The number of nitrogens with zero attached hydrogens (tertiary/aromatic N) is 2. The van der Waals surface area contributed by atoms with E-state index in [-0.39, 0.29) is 5.91 Å². The minimum atomic E-state index is 0.0345. The third-order valence-corrected chi connectivity index (χ3v) is 4.83. The Morgan fingerprint density at radius 3 is 2.43 bits per heavy atom. The number of carbonyl (C=O) groups excluding carboxylic acids is 1. The van der Waals surface area contributed by atoms with Crippen molar-refractivity contribution in [2.24, 2.45) is 0 Å². The number of imidazole rings is 1. The minimum Gasteiger partial charge on any atom is -0.352 e. The fourth-order valence-corrected chi connectivity index (χ4v) is 3.33. The van der Waals surface area contributed by atoms with Crippen LogP contribution in [0.4, 0.5) is 0 Å². The van der Waals surface area contributed by atoms with Gasteiger partial charge in [0, 0.05) is 25.1 Å². The van der Waals surface area contributed by atoms with Gasteiger partial charge in [0.05, 0.1) is 11.0 Å². The van der Waals surface area contributed by atoms with Gasteiger partial charge in [0.1, 0.15) is 5.82 Å². The Kier molecular flexibility index (Phi) is 5.20. The van der Waals surface area contributed by atoms with Gasteiger partial charge in [0.25, 0.3) is 0 Å². The molecular weight excluding hydrogens is 346 g/mol. The molecule has 0 saturated carbocycles. The molecule has 4 rings (SSSR count). The molecule has 1 amide bonds. The summed E-state index contributed by atoms with van der Waals surface area (Å²) in [6.07, 6.45) is 0.991. The first-order chi connectivity index (χ1) is 13.7. The molecule has 28 heavy (non-hydrogen) atoms. The van der Waals surface area contributed by atoms with E-state index in [4.69, 9.17) is 4.98 Å². The maximum absolute atomic E-state index is 12.4. The number of aryl methyl sites for hydroxylation is 2. The number of aromatic nitrogens is 2. The summed E-state index contributed by atoms with van der Waals surface area (Å²) in [5.41, 5.74) is 5.39. The average molecular weight is 369 g/mol. The van der Waals surface area contributed by atoms with Crippen LogP contribution in [0.3, 0.4) is 0 Å². The molecule has 140 valence electrons. The number of amides is 1. The number of carbonyl (C=O) groups is 1. The molecule has 1 N–H and O–H groups in total. The average Bonchev–Trinajstić information content (AvgIpc) is 3.11. The SMILES string of the molecule is Cc1ccc(CNC(=O)CCc2nc3ccccc3n2-c2ccccc2)cc1. The molecule has 4 nitrogen and oxygen atoms in total. The molecule has 4 heteroatoms. The van der Waals surface area contributed by atoms with E-state index in [2.05, 4.69) is 47.1 Å². The Hall–Kier alpha value is -3.40. The second-order valence-corrected chi connectivity index (χ2v) is 6.95. The monoisotopic (exact) mass is 369 g/mol. The van der Waals surface area contributed by atoms with Crippen molar-refractivity contribution in [3.8, 4) is 5.69 Å². The number of fused-ring (bicyclic) bond motifs is 1. The number of benzene rings is 3. The second kappa shape index (κ2) is 8.09. The van der Waals surface area contributed by atoms with Crippen LogP contribution in [0.2, 0.25) is 0 Å². The van der Waals surface area contributed by atoms with Crippen molar-refractivity contribution < 1.29 is 4.79 Å². The Morgan fingerprint density at radius 2 is 1.64 bits per heavy atom. The van der Waals surface area contributed by atoms with Gasteiger partial charge in [0.15, 0.2) is 0 Å². The molecule has 0 saturated heterocycles. The van der Waals surface area contributed by atoms with Gasteiger partial charge in [-0.15, -0.1) is 0 Å². The zero-order valence-corrected chi connectivity index (χ0v) is 15.9. The van der Waals surface area contributed by atoms with Gasteiger partial charge in [-0.05, 0) is 36.8 Å². The normalized spacial score (nSPS) is 10.9. The van der Waals surface area contributed by atoms with Crippen molar-refractivity contribution in [1.29, 1.82) is 0 Å². The van der Waals surface area contributed by atoms with Crippen molar-refractivity contribution in [2.45, 2.75) is 26.3 Å². The summed E-state index contributed by atoms with van der Waals surface area (Å²) >= 11 is 0. The first-order valence-electron chi connectivity index (χ1n) is 9.55. The summed E-state index contributed by atoms with van der Waals surface area (Å²) in [7, 11) is 0. The predicted octanol–water partition coefficient (Wildman–Crippen LogP) is 4.58. The van der Waals surface area contributed by atoms with Crippen LogP contribution in [0, 0.1) is 6.92 Å². The van der Waals surface area contributed by atoms with Gasteiger partial charge in [-0.25, -0.2) is 4.98 Å². The molecule has 0 unspecified atom stereocenters. The lowest BCUT2D eigenvalue weighted by Gasteiger charge is -2.10. The number of nitrogens with one attached hydrogen (secondary N) is 1. The van der Waals surface area contributed by atoms with Crippen LogP contribution < -0.4 is 5.32 Å². The van der Waals surface area contributed by atoms with Crippen molar-refractivity contribution in [3.63, 3.8) is 0 Å². The summed E-state index contributed by atoms with van der Waals surface area (Å²) in [5.74, 6) is 0.935. The van der Waals surface area contributed by atoms with E-state index in [9.17, 15) is 4.79 Å². The summed E-state index contributed by atoms with van der Waals surface area (Å²) in [6, 6.07) is 26.5. The Morgan fingerprint density at radius 1 is 0.929 bits per heavy atom. The van der Waals surface area contributed by atoms with E-state index in [1.54, 1.807) is 0 Å². The molecule has 0 spiro atoms. The van der Waals surface area contributed by atoms with Crippen LogP contribution in [0.5, 0.6) is 0 Å². The Balaban J connectivity index is 1.48. The zero-order valence-electron chi connectivity index (χ0n) is 15.9. The number of rotatable bonds is 6. The molecular formula is C24H23N3O. The fourth-order valence-electron chi connectivity index (χ4n) is 3.33. The molecule has 4 aromatic rings. The molecule has 0 aliphatic carbocycles. The lowest BCUT2D eigenvalue weighted by atomic mass is 10.1. The van der Waals surface area contributed by atoms with Crippen molar-refractivity contribution in [2.75, 3.05) is 0 Å². The minimum absolute atomic E-state index is 0.0345. The Bertz CT molecular complexity index is 1080. The van der Waals surface area contributed by atoms with Gasteiger partial charge in [-0.1, -0.05) is 60.2 Å². The lowest BCUT2D eigenvalue weighted by Crippen LogP contribution is -2.23. The van der Waals surface area contributed by atoms with Gasteiger partial charge >= 0.3 is 0 Å². The zero-order chi connectivity index (χ0) is 19.3. The van der Waals surface area contributed by atoms with Crippen LogP contribution >= 0.6 is 0 Å². The molecule has 0 fully saturated rings. The largest absolute Gasteiger partial charge is 0.352 e. The van der Waals surface area contributed by atoms with E-state index < -0.39 is 0 Å². The molecule has 1 aromatic heterocycles. The first-order valence-corrected chi connectivity index (χ1v) is 9.55. The van der Waals surface area contributed by atoms with Crippen molar-refractivity contribution in [3.05, 3.63) is 95.8 Å². The standard InChI is InChI=1S/C24H23N3O/c1-18-11-13-19(14-12-18)17-25-24(28)16-15-23-26-21-9-5-6-10-22(21)27(23)20-7-3-2-4-8-20/h2-14H,15-17H2,1H3,(H,25,28). The lowest BCUT2D eigenvalue weighted by molar-refractivity contribution is -0.121. The summed E-state index contributed by atoms with van der Waals surface area (Å²) in [6.45, 7) is 2.61. The number of hydrogen-bond donors (Lipinski definition) is 1. The fraction of sp³-hybridized carbons (Fsp3) is 0.167. The molecule has 3 aromatic carbocycles. The Labute approximate surface area is 164 Å². The van der Waals surface area contributed by atoms with E-state index in [1.165, 1.54) is 5.56 Å². The van der Waals surface area contributed by atoms with Crippen LogP contribution in [0.15, 0.2) is 78.9 Å². The second-order valence-electron chi connectivity index (χ2n) is 6.95. The van der Waals surface area contributed by atoms with E-state index in [1.807, 2.05) is 48.5 Å². The highest BCUT2D eigenvalue weighted by molar-refractivity contribution is 5.79. The van der Waals surface area contributed by atoms with E-state index >= 15 is 0 Å². The summed E-state index contributed by atoms with van der Waals surface area (Å²) in [5, 5.41) is 3.01. The smallest absolute Gasteiger partial charge is 0.220 e. The van der Waals surface area contributed by atoms with Crippen LogP contribution in [-0.2, 0) is 17.8 Å². The molecule has 0 atom stereocenters. The van der Waals surface area contributed by atoms with Crippen molar-refractivity contribution >= 4 is 16.9 Å². The molecule has 0 aliphatic rings. The van der Waals surface area contributed by atoms with Crippen LogP contribution in [0.1, 0.15) is 23.4 Å². The van der Waals surface area contributed by atoms with E-state index in [0.29, 0.717) is 19.4 Å². The van der Waals surface area contributed by atoms with Crippen molar-refractivity contribution in [1.82, 2.24) is 14.9 Å². The quantitative estimate of drug-likeness (QED) is 0.541. The van der Waals surface area contributed by atoms with Gasteiger partial charge in [-0.3, -0.25) is 9.36 Å². The van der Waals surface area contributed by atoms with Crippen LogP contribution in [-0.4, -0.2) is 15.5 Å². The van der Waals surface area contributed by atoms with Gasteiger partial charge in [0.2, 0.25) is 5.91 Å². The first kappa shape index (κ1) is 18.0. The highest BCUT2D eigenvalue weighted by atomic mass is 16.1. The molecule has 0 aliphatic heterocycles. The number of para-hydroxylation sites is 3. The third-order valence-electron chi connectivity index (χ3n) is 4.83. The highest BCUT2D eigenvalue weighted by Gasteiger charge is 2.13. The topological polar surface area (TPSA) is 46.9 Å². The van der Waals surface area contributed by atoms with Gasteiger partial charge < -0.3 is 5.32 Å². The number of hydrogen-bond acceptors (Lipinski definition) is 2. The van der Waals surface area contributed by atoms with Gasteiger partial charge in [-0.2, -0.15) is 0 Å². The maximum Gasteiger partial charge on any atom is 0.220 e. The summed E-state index contributed by atoms with van der Waals surface area (Å²) in [4.78, 5) is 17.1. The summed E-state index contributed by atoms with van der Waals surface area (Å²) < 4.78 is 2.14. The predicted molar refractivity (Wildman–Crippen MR) is 112 cm³/mol. The third kappa shape index (κ3) is 3.96. The van der Waals surface area contributed by atoms with E-state index in [0.717, 1.165) is 28.1 Å². The molecule has 0 radical (unpaired) electrons. The van der Waals surface area contributed by atoms with Crippen LogP contribution in [0.25, 0.3) is 16.7 Å². The molecule has 0 bridgehead atoms.